The van der Waals surface area contributed by atoms with Crippen LogP contribution in [-0.2, 0) is 17.1 Å². The first-order valence-electron chi connectivity index (χ1n) is 10.1. The molecule has 0 saturated carbocycles. The molecular weight excluding hydrogens is 457 g/mol. The molecule has 0 aliphatic carbocycles. The Kier molecular flexibility index (Phi) is 5.97. The van der Waals surface area contributed by atoms with Gasteiger partial charge in [-0.05, 0) is 41.5 Å². The van der Waals surface area contributed by atoms with Crippen LogP contribution in [0.4, 0.5) is 4.39 Å². The van der Waals surface area contributed by atoms with E-state index >= 15 is 0 Å². The number of carbonyl (C=O) groups is 1. The van der Waals surface area contributed by atoms with E-state index in [4.69, 9.17) is 5.41 Å². The number of aromatic nitrogens is 1. The van der Waals surface area contributed by atoms with E-state index < -0.39 is 5.91 Å². The number of nitrogens with zero attached hydrogens (tertiary/aromatic N) is 4. The summed E-state index contributed by atoms with van der Waals surface area (Å²) in [5.41, 5.74) is 3.04. The molecule has 1 aromatic heterocycles. The molecular formula is C24H18FN5OS2. The average Bonchev–Trinajstić information content (AvgIpc) is 3.44. The summed E-state index contributed by atoms with van der Waals surface area (Å²) in [7, 11) is 0. The Morgan fingerprint density at radius 1 is 1.03 bits per heavy atom. The van der Waals surface area contributed by atoms with Gasteiger partial charge in [0.15, 0.2) is 5.17 Å². The molecule has 33 heavy (non-hydrogen) atoms. The number of amidine groups is 3. The van der Waals surface area contributed by atoms with Crippen LogP contribution in [0.5, 0.6) is 0 Å². The highest BCUT2D eigenvalue weighted by Gasteiger charge is 2.37. The molecule has 1 amide bonds. The van der Waals surface area contributed by atoms with Crippen molar-refractivity contribution < 1.29 is 9.18 Å². The van der Waals surface area contributed by atoms with Gasteiger partial charge in [-0.3, -0.25) is 10.2 Å². The van der Waals surface area contributed by atoms with Gasteiger partial charge >= 0.3 is 0 Å². The van der Waals surface area contributed by atoms with E-state index in [1.54, 1.807) is 23.1 Å². The van der Waals surface area contributed by atoms with Gasteiger partial charge in [0.05, 0.1) is 17.5 Å². The van der Waals surface area contributed by atoms with Crippen molar-refractivity contribution in [3.8, 4) is 0 Å². The summed E-state index contributed by atoms with van der Waals surface area (Å²) in [6.07, 6.45) is 3.56. The highest BCUT2D eigenvalue weighted by Crippen LogP contribution is 2.33. The zero-order chi connectivity index (χ0) is 22.8. The summed E-state index contributed by atoms with van der Waals surface area (Å²) in [6.45, 7) is 0.516. The third kappa shape index (κ3) is 4.55. The van der Waals surface area contributed by atoms with E-state index in [0.717, 1.165) is 28.8 Å². The Hall–Kier alpha value is -3.43. The van der Waals surface area contributed by atoms with Gasteiger partial charge in [0.1, 0.15) is 11.7 Å². The molecule has 1 N–H and O–H groups in total. The number of aliphatic imine (C=N–C) groups is 1. The Labute approximate surface area is 198 Å². The topological polar surface area (TPSA) is 73.8 Å². The molecule has 2 aliphatic rings. The van der Waals surface area contributed by atoms with Gasteiger partial charge in [-0.25, -0.2) is 9.29 Å². The number of hydrogen-bond acceptors (Lipinski definition) is 5. The lowest BCUT2D eigenvalue weighted by atomic mass is 10.1. The van der Waals surface area contributed by atoms with E-state index in [2.05, 4.69) is 9.39 Å². The Morgan fingerprint density at radius 3 is 2.61 bits per heavy atom. The third-order valence-electron chi connectivity index (χ3n) is 5.13. The molecule has 0 spiro atoms. The summed E-state index contributed by atoms with van der Waals surface area (Å²) >= 11 is 2.61. The maximum atomic E-state index is 13.2. The second-order valence-corrected chi connectivity index (χ2v) is 9.04. The molecule has 3 aromatic rings. The SMILES string of the molecule is N=C1/C(=C/c2cccn2Cc2ccc(F)cc2)C(=O)N=C2SN=C(SCc3ccccc3)N12. The molecule has 6 nitrogen and oxygen atoms in total. The largest absolute Gasteiger partial charge is 0.344 e. The molecule has 0 unspecified atom stereocenters. The lowest BCUT2D eigenvalue weighted by Crippen LogP contribution is -2.41. The quantitative estimate of drug-likeness (QED) is 0.407. The Bertz CT molecular complexity index is 1310. The minimum absolute atomic E-state index is 0.0591. The van der Waals surface area contributed by atoms with Gasteiger partial charge in [0, 0.05) is 24.2 Å². The van der Waals surface area contributed by atoms with Crippen LogP contribution < -0.4 is 0 Å². The number of nitrogens with one attached hydrogen (secondary N) is 1. The first-order valence-corrected chi connectivity index (χ1v) is 11.9. The van der Waals surface area contributed by atoms with E-state index in [1.165, 1.54) is 23.9 Å². The highest BCUT2D eigenvalue weighted by molar-refractivity contribution is 8.18. The molecule has 2 aliphatic heterocycles. The van der Waals surface area contributed by atoms with Gasteiger partial charge in [-0.2, -0.15) is 9.39 Å². The van der Waals surface area contributed by atoms with Crippen LogP contribution in [-0.4, -0.2) is 31.5 Å². The van der Waals surface area contributed by atoms with Gasteiger partial charge in [0.25, 0.3) is 5.91 Å². The van der Waals surface area contributed by atoms with Crippen molar-refractivity contribution in [1.29, 1.82) is 5.41 Å². The predicted molar refractivity (Wildman–Crippen MR) is 133 cm³/mol. The fourth-order valence-corrected chi connectivity index (χ4v) is 5.25. The smallest absolute Gasteiger partial charge is 0.283 e. The molecule has 0 radical (unpaired) electrons. The van der Waals surface area contributed by atoms with Gasteiger partial charge in [-0.1, -0.05) is 54.2 Å². The molecule has 9 heteroatoms. The minimum atomic E-state index is -0.460. The Morgan fingerprint density at radius 2 is 1.82 bits per heavy atom. The number of hydrogen-bond donors (Lipinski definition) is 1. The molecule has 164 valence electrons. The first kappa shape index (κ1) is 21.4. The monoisotopic (exact) mass is 475 g/mol. The summed E-state index contributed by atoms with van der Waals surface area (Å²) in [6, 6.07) is 20.1. The number of rotatable bonds is 5. The normalized spacial score (nSPS) is 16.8. The number of thioether (sulfide) groups is 1. The number of carbonyl (C=O) groups excluding carboxylic acids is 1. The summed E-state index contributed by atoms with van der Waals surface area (Å²) in [4.78, 5) is 18.5. The zero-order valence-electron chi connectivity index (χ0n) is 17.3. The van der Waals surface area contributed by atoms with Gasteiger partial charge in [-0.15, -0.1) is 0 Å². The predicted octanol–water partition coefficient (Wildman–Crippen LogP) is 5.19. The highest BCUT2D eigenvalue weighted by atomic mass is 32.2. The number of benzene rings is 2. The molecule has 5 rings (SSSR count). The fraction of sp³-hybridized carbons (Fsp3) is 0.0833. The lowest BCUT2D eigenvalue weighted by molar-refractivity contribution is -0.114. The molecule has 0 saturated heterocycles. The van der Waals surface area contributed by atoms with E-state index in [9.17, 15) is 9.18 Å². The number of amides is 1. The van der Waals surface area contributed by atoms with Crippen molar-refractivity contribution in [2.45, 2.75) is 12.3 Å². The van der Waals surface area contributed by atoms with Crippen LogP contribution in [0.1, 0.15) is 16.8 Å². The minimum Gasteiger partial charge on any atom is -0.344 e. The molecule has 0 bridgehead atoms. The first-order chi connectivity index (χ1) is 16.1. The fourth-order valence-electron chi connectivity index (χ4n) is 3.45. The van der Waals surface area contributed by atoms with Crippen molar-refractivity contribution in [3.63, 3.8) is 0 Å². The standard InChI is InChI=1S/C24H18FN5OS2/c25-18-10-8-16(9-11-18)14-29-12-4-7-19(29)13-20-21(26)30-23(27-22(20)31)33-28-24(30)32-15-17-5-2-1-3-6-17/h1-13,26H,14-15H2/b20-13-,26-21?. The van der Waals surface area contributed by atoms with E-state index in [-0.39, 0.29) is 17.2 Å². The van der Waals surface area contributed by atoms with Crippen molar-refractivity contribution in [2.24, 2.45) is 9.39 Å². The van der Waals surface area contributed by atoms with Crippen LogP contribution in [0.15, 0.2) is 87.9 Å². The zero-order valence-corrected chi connectivity index (χ0v) is 18.9. The lowest BCUT2D eigenvalue weighted by Gasteiger charge is -2.24. The number of fused-ring (bicyclic) bond motifs is 1. The van der Waals surface area contributed by atoms with Crippen LogP contribution in [0.3, 0.4) is 0 Å². The average molecular weight is 476 g/mol. The third-order valence-corrected chi connectivity index (χ3v) is 6.95. The van der Waals surface area contributed by atoms with Crippen molar-refractivity contribution in [1.82, 2.24) is 9.47 Å². The van der Waals surface area contributed by atoms with Crippen LogP contribution in [0.2, 0.25) is 0 Å². The molecule has 0 fully saturated rings. The van der Waals surface area contributed by atoms with E-state index in [1.807, 2.05) is 53.2 Å². The summed E-state index contributed by atoms with van der Waals surface area (Å²) in [5.74, 6) is 0.0152. The van der Waals surface area contributed by atoms with Crippen molar-refractivity contribution in [2.75, 3.05) is 0 Å². The van der Waals surface area contributed by atoms with Crippen LogP contribution >= 0.6 is 23.7 Å². The molecule has 2 aromatic carbocycles. The van der Waals surface area contributed by atoms with E-state index in [0.29, 0.717) is 22.6 Å². The van der Waals surface area contributed by atoms with Gasteiger partial charge < -0.3 is 4.57 Å². The Balaban J connectivity index is 1.37. The second kappa shape index (κ2) is 9.21. The maximum Gasteiger partial charge on any atom is 0.283 e. The molecule has 0 atom stereocenters. The summed E-state index contributed by atoms with van der Waals surface area (Å²) in [5, 5.41) is 9.77. The van der Waals surface area contributed by atoms with Gasteiger partial charge in [0.2, 0.25) is 5.17 Å². The number of halogens is 1. The van der Waals surface area contributed by atoms with Crippen molar-refractivity contribution >= 4 is 51.9 Å². The summed E-state index contributed by atoms with van der Waals surface area (Å²) < 4.78 is 19.6. The van der Waals surface area contributed by atoms with Crippen molar-refractivity contribution in [3.05, 3.63) is 101 Å². The molecule has 3 heterocycles. The van der Waals surface area contributed by atoms with Crippen LogP contribution in [0, 0.1) is 11.2 Å². The van der Waals surface area contributed by atoms with Crippen LogP contribution in [0.25, 0.3) is 6.08 Å². The second-order valence-electron chi connectivity index (χ2n) is 7.37. The maximum absolute atomic E-state index is 13.2.